The maximum atomic E-state index is 14.8. The van der Waals surface area contributed by atoms with Crippen LogP contribution in [0.25, 0.3) is 10.9 Å². The Hall–Kier alpha value is -3.78. The number of carbonyl (C=O) groups is 1. The molecular weight excluding hydrogens is 414 g/mol. The Morgan fingerprint density at radius 2 is 1.88 bits per heavy atom. The van der Waals surface area contributed by atoms with Crippen molar-refractivity contribution in [2.45, 2.75) is 6.42 Å². The van der Waals surface area contributed by atoms with E-state index in [1.54, 1.807) is 31.5 Å². The van der Waals surface area contributed by atoms with Crippen LogP contribution in [0.15, 0.2) is 66.9 Å². The van der Waals surface area contributed by atoms with E-state index in [2.05, 4.69) is 15.8 Å². The molecule has 0 bridgehead atoms. The molecule has 0 aliphatic rings. The molecule has 1 heterocycles. The maximum Gasteiger partial charge on any atom is 0.274 e. The van der Waals surface area contributed by atoms with Crippen LogP contribution in [0.2, 0.25) is 0 Å². The number of carbonyl (C=O) groups excluding carboxylic acids is 1. The third-order valence-corrected chi connectivity index (χ3v) is 5.00. The second-order valence-corrected chi connectivity index (χ2v) is 7.28. The van der Waals surface area contributed by atoms with Crippen LogP contribution in [-0.2, 0) is 11.2 Å². The van der Waals surface area contributed by atoms with E-state index >= 15 is 0 Å². The van der Waals surface area contributed by atoms with Crippen molar-refractivity contribution in [1.29, 1.82) is 0 Å². The molecule has 1 aromatic heterocycles. The molecule has 0 atom stereocenters. The van der Waals surface area contributed by atoms with Gasteiger partial charge < -0.3 is 10.1 Å². The molecule has 0 unspecified atom stereocenters. The Bertz CT molecular complexity index is 1260. The van der Waals surface area contributed by atoms with Crippen LogP contribution in [0.5, 0.6) is 0 Å². The highest BCUT2D eigenvalue weighted by molar-refractivity contribution is 6.01. The van der Waals surface area contributed by atoms with Gasteiger partial charge in [0, 0.05) is 19.0 Å². The summed E-state index contributed by atoms with van der Waals surface area (Å²) < 4.78 is 33.1. The first-order valence-electron chi connectivity index (χ1n) is 10.1. The molecule has 4 aromatic rings. The smallest absolute Gasteiger partial charge is 0.274 e. The Kier molecular flexibility index (Phi) is 6.42. The van der Waals surface area contributed by atoms with Crippen molar-refractivity contribution < 1.29 is 18.3 Å². The Morgan fingerprint density at radius 3 is 2.69 bits per heavy atom. The number of hydrogen-bond donors (Lipinski definition) is 2. The highest BCUT2D eigenvalue weighted by Gasteiger charge is 2.16. The minimum absolute atomic E-state index is 0.0983. The molecule has 1 amide bonds. The number of hydrogen-bond acceptors (Lipinski definition) is 4. The number of anilines is 1. The van der Waals surface area contributed by atoms with E-state index < -0.39 is 11.7 Å². The van der Waals surface area contributed by atoms with Crippen molar-refractivity contribution in [3.05, 3.63) is 95.2 Å². The van der Waals surface area contributed by atoms with E-state index in [9.17, 15) is 13.6 Å². The lowest BCUT2D eigenvalue weighted by molar-refractivity contribution is 0.100. The molecule has 4 rings (SSSR count). The second-order valence-electron chi connectivity index (χ2n) is 7.28. The fourth-order valence-corrected chi connectivity index (χ4v) is 3.45. The van der Waals surface area contributed by atoms with Gasteiger partial charge in [0.25, 0.3) is 5.91 Å². The van der Waals surface area contributed by atoms with Crippen LogP contribution in [0.4, 0.5) is 14.5 Å². The highest BCUT2D eigenvalue weighted by atomic mass is 19.1. The molecule has 3 aromatic carbocycles. The zero-order chi connectivity index (χ0) is 22.5. The fourth-order valence-electron chi connectivity index (χ4n) is 3.45. The summed E-state index contributed by atoms with van der Waals surface area (Å²) in [6, 6.07) is 16.7. The van der Waals surface area contributed by atoms with E-state index in [0.717, 1.165) is 16.5 Å². The predicted octanol–water partition coefficient (Wildman–Crippen LogP) is 4.35. The van der Waals surface area contributed by atoms with Gasteiger partial charge in [0.15, 0.2) is 5.82 Å². The molecule has 164 valence electrons. The lowest BCUT2D eigenvalue weighted by Crippen LogP contribution is -2.25. The quantitative estimate of drug-likeness (QED) is 0.403. The van der Waals surface area contributed by atoms with E-state index in [1.165, 1.54) is 23.0 Å². The summed E-state index contributed by atoms with van der Waals surface area (Å²) in [5.74, 6) is -1.54. The number of benzene rings is 3. The summed E-state index contributed by atoms with van der Waals surface area (Å²) >= 11 is 0. The third-order valence-electron chi connectivity index (χ3n) is 5.00. The number of rotatable bonds is 8. The minimum Gasteiger partial charge on any atom is -0.383 e. The van der Waals surface area contributed by atoms with Crippen molar-refractivity contribution in [2.24, 2.45) is 0 Å². The molecule has 0 fully saturated rings. The van der Waals surface area contributed by atoms with E-state index in [4.69, 9.17) is 4.74 Å². The number of amides is 1. The van der Waals surface area contributed by atoms with Crippen molar-refractivity contribution >= 4 is 22.5 Å². The molecule has 0 saturated heterocycles. The summed E-state index contributed by atoms with van der Waals surface area (Å²) in [6.45, 7) is 0.830. The van der Waals surface area contributed by atoms with Crippen molar-refractivity contribution in [2.75, 3.05) is 31.0 Å². The maximum absolute atomic E-state index is 14.8. The number of fused-ring (bicyclic) bond motifs is 1. The zero-order valence-corrected chi connectivity index (χ0v) is 17.4. The van der Waals surface area contributed by atoms with E-state index in [-0.39, 0.29) is 17.1 Å². The van der Waals surface area contributed by atoms with Crippen LogP contribution >= 0.6 is 0 Å². The third kappa shape index (κ3) is 4.76. The summed E-state index contributed by atoms with van der Waals surface area (Å²) in [5.41, 5.74) is 5.25. The first-order chi connectivity index (χ1) is 15.5. The molecular formula is C24H22F2N4O2. The number of methoxy groups -OCH3 is 1. The normalized spacial score (nSPS) is 11.0. The lowest BCUT2D eigenvalue weighted by atomic mass is 10.0. The summed E-state index contributed by atoms with van der Waals surface area (Å²) in [7, 11) is 1.56. The fraction of sp³-hybridized carbons (Fsp3) is 0.167. The molecule has 0 radical (unpaired) electrons. The highest BCUT2D eigenvalue weighted by Crippen LogP contribution is 2.20. The van der Waals surface area contributed by atoms with Gasteiger partial charge in [-0.15, -0.1) is 0 Å². The summed E-state index contributed by atoms with van der Waals surface area (Å²) in [4.78, 5) is 14.0. The number of halogens is 2. The molecule has 0 aliphatic heterocycles. The topological polar surface area (TPSA) is 68.2 Å². The van der Waals surface area contributed by atoms with Crippen LogP contribution in [-0.4, -0.2) is 36.1 Å². The Labute approximate surface area is 183 Å². The van der Waals surface area contributed by atoms with Gasteiger partial charge in [-0.1, -0.05) is 24.3 Å². The number of nitrogens with one attached hydrogen (secondary N) is 2. The SMILES string of the molecule is COCCNc1cccc(C(=O)Nn2ncc3cc(Cc4cccc(F)c4)ccc32)c1F. The Balaban J connectivity index is 1.51. The summed E-state index contributed by atoms with van der Waals surface area (Å²) in [5, 5.41) is 7.91. The molecule has 6 nitrogen and oxygen atoms in total. The molecule has 0 spiro atoms. The van der Waals surface area contributed by atoms with Gasteiger partial charge in [-0.25, -0.2) is 14.2 Å². The van der Waals surface area contributed by atoms with Gasteiger partial charge in [0.05, 0.1) is 29.6 Å². The van der Waals surface area contributed by atoms with E-state index in [1.807, 2.05) is 24.3 Å². The molecule has 0 saturated carbocycles. The predicted molar refractivity (Wildman–Crippen MR) is 119 cm³/mol. The number of ether oxygens (including phenoxy) is 1. The zero-order valence-electron chi connectivity index (χ0n) is 17.4. The molecule has 0 aliphatic carbocycles. The Morgan fingerprint density at radius 1 is 1.06 bits per heavy atom. The van der Waals surface area contributed by atoms with Gasteiger partial charge in [0.1, 0.15) is 5.82 Å². The number of aromatic nitrogens is 2. The largest absolute Gasteiger partial charge is 0.383 e. The number of nitrogens with zero attached hydrogens (tertiary/aromatic N) is 2. The van der Waals surface area contributed by atoms with Gasteiger partial charge in [0.2, 0.25) is 0 Å². The van der Waals surface area contributed by atoms with Crippen LogP contribution in [0, 0.1) is 11.6 Å². The monoisotopic (exact) mass is 436 g/mol. The molecule has 2 N–H and O–H groups in total. The average Bonchev–Trinajstić information content (AvgIpc) is 3.17. The van der Waals surface area contributed by atoms with Crippen LogP contribution in [0.1, 0.15) is 21.5 Å². The molecule has 32 heavy (non-hydrogen) atoms. The first-order valence-corrected chi connectivity index (χ1v) is 10.1. The van der Waals surface area contributed by atoms with Gasteiger partial charge in [-0.2, -0.15) is 9.89 Å². The van der Waals surface area contributed by atoms with Gasteiger partial charge in [-0.05, 0) is 53.9 Å². The van der Waals surface area contributed by atoms with Crippen LogP contribution in [0.3, 0.4) is 0 Å². The second kappa shape index (κ2) is 9.57. The first kappa shape index (κ1) is 21.5. The van der Waals surface area contributed by atoms with Crippen molar-refractivity contribution in [3.8, 4) is 0 Å². The minimum atomic E-state index is -0.644. The standard InChI is InChI=1S/C24H22F2N4O2/c1-32-11-10-27-21-7-3-6-20(23(21)26)24(31)29-30-22-9-8-17(13-18(22)15-28-30)12-16-4-2-5-19(25)14-16/h2-9,13-15,27H,10-12H2,1H3,(H,29,31). The van der Waals surface area contributed by atoms with Crippen molar-refractivity contribution in [3.63, 3.8) is 0 Å². The average molecular weight is 436 g/mol. The van der Waals surface area contributed by atoms with Crippen molar-refractivity contribution in [1.82, 2.24) is 9.89 Å². The van der Waals surface area contributed by atoms with E-state index in [0.29, 0.717) is 25.1 Å². The lowest BCUT2D eigenvalue weighted by Gasteiger charge is -2.11. The van der Waals surface area contributed by atoms with Gasteiger partial charge in [-0.3, -0.25) is 4.79 Å². The summed E-state index contributed by atoms with van der Waals surface area (Å²) in [6.07, 6.45) is 2.18. The molecule has 8 heteroatoms. The van der Waals surface area contributed by atoms with Crippen LogP contribution < -0.4 is 10.7 Å². The van der Waals surface area contributed by atoms with Gasteiger partial charge >= 0.3 is 0 Å².